The van der Waals surface area contributed by atoms with Crippen LogP contribution in [0, 0.1) is 6.92 Å². The second-order valence-corrected chi connectivity index (χ2v) is 7.80. The number of aromatic nitrogens is 1. The minimum atomic E-state index is -0.380. The van der Waals surface area contributed by atoms with Crippen LogP contribution in [0.5, 0.6) is 0 Å². The molecular weight excluding hydrogens is 384 g/mol. The zero-order chi connectivity index (χ0) is 22.0. The van der Waals surface area contributed by atoms with Crippen molar-refractivity contribution in [2.24, 2.45) is 0 Å². The number of hydrogen-bond donors (Lipinski definition) is 1. The Bertz CT molecular complexity index is 1330. The monoisotopic (exact) mass is 408 g/mol. The van der Waals surface area contributed by atoms with E-state index in [1.54, 1.807) is 6.08 Å². The van der Waals surface area contributed by atoms with Crippen molar-refractivity contribution in [3.05, 3.63) is 106 Å². The summed E-state index contributed by atoms with van der Waals surface area (Å²) in [5.74, 6) is -0.320. The molecule has 0 fully saturated rings. The van der Waals surface area contributed by atoms with Gasteiger partial charge in [0.05, 0.1) is 5.56 Å². The molecule has 0 amide bonds. The maximum absolute atomic E-state index is 13.2. The predicted octanol–water partition coefficient (Wildman–Crippen LogP) is 5.47. The first-order valence-electron chi connectivity index (χ1n) is 10.2. The molecule has 0 spiro atoms. The van der Waals surface area contributed by atoms with Crippen molar-refractivity contribution >= 4 is 28.4 Å². The number of allylic oxidation sites excluding steroid dienone is 1. The van der Waals surface area contributed by atoms with Gasteiger partial charge in [0.2, 0.25) is 0 Å². The minimum Gasteiger partial charge on any atom is -0.378 e. The van der Waals surface area contributed by atoms with Gasteiger partial charge in [-0.25, -0.2) is 0 Å². The Hall–Kier alpha value is -3.92. The fraction of sp³-hybridized carbons (Fsp3) is 0.111. The molecule has 4 nitrogen and oxygen atoms in total. The third kappa shape index (κ3) is 4.19. The molecule has 0 saturated heterocycles. The zero-order valence-corrected chi connectivity index (χ0v) is 17.8. The molecule has 0 radical (unpaired) electrons. The van der Waals surface area contributed by atoms with E-state index in [1.807, 2.05) is 98.7 Å². The topological polar surface area (TPSA) is 53.2 Å². The van der Waals surface area contributed by atoms with E-state index in [2.05, 4.69) is 4.98 Å². The maximum Gasteiger partial charge on any atom is 0.260 e. The van der Waals surface area contributed by atoms with Gasteiger partial charge in [0.25, 0.3) is 5.56 Å². The van der Waals surface area contributed by atoms with E-state index in [0.29, 0.717) is 5.56 Å². The van der Waals surface area contributed by atoms with Crippen LogP contribution < -0.4 is 10.5 Å². The first-order chi connectivity index (χ1) is 14.9. The summed E-state index contributed by atoms with van der Waals surface area (Å²) in [6.07, 6.45) is 3.22. The van der Waals surface area contributed by atoms with E-state index in [1.165, 1.54) is 6.08 Å². The Morgan fingerprint density at radius 1 is 0.935 bits per heavy atom. The molecule has 0 aliphatic heterocycles. The number of aromatic amines is 1. The summed E-state index contributed by atoms with van der Waals surface area (Å²) in [6.45, 7) is 1.98. The Kier molecular flexibility index (Phi) is 5.54. The van der Waals surface area contributed by atoms with Crippen LogP contribution in [-0.4, -0.2) is 24.9 Å². The number of anilines is 1. The highest BCUT2D eigenvalue weighted by molar-refractivity contribution is 6.15. The smallest absolute Gasteiger partial charge is 0.260 e. The van der Waals surface area contributed by atoms with Gasteiger partial charge in [-0.15, -0.1) is 0 Å². The fourth-order valence-electron chi connectivity index (χ4n) is 3.69. The summed E-state index contributed by atoms with van der Waals surface area (Å²) in [5, 5.41) is 0.850. The van der Waals surface area contributed by atoms with E-state index < -0.39 is 0 Å². The molecule has 1 heterocycles. The van der Waals surface area contributed by atoms with Gasteiger partial charge in [-0.3, -0.25) is 9.59 Å². The van der Waals surface area contributed by atoms with E-state index in [0.717, 1.165) is 33.3 Å². The number of pyridine rings is 1. The lowest BCUT2D eigenvalue weighted by Crippen LogP contribution is -2.18. The Balaban J connectivity index is 1.83. The van der Waals surface area contributed by atoms with E-state index in [9.17, 15) is 9.59 Å². The lowest BCUT2D eigenvalue weighted by molar-refractivity contribution is 0.104. The van der Waals surface area contributed by atoms with Crippen LogP contribution in [0.3, 0.4) is 0 Å². The van der Waals surface area contributed by atoms with Crippen LogP contribution >= 0.6 is 0 Å². The number of carbonyl (C=O) groups excluding carboxylic acids is 1. The number of H-pyrrole nitrogens is 1. The van der Waals surface area contributed by atoms with E-state index in [4.69, 9.17) is 0 Å². The number of benzene rings is 3. The van der Waals surface area contributed by atoms with Crippen LogP contribution in [0.25, 0.3) is 28.1 Å². The molecular formula is C27H24N2O2. The SMILES string of the molecule is Cc1ccc2c(-c3ccccc3)c(C(=O)/C=C/c3ccc(N(C)C)cc3)c(=O)[nH]c2c1. The number of hydrogen-bond acceptors (Lipinski definition) is 3. The van der Waals surface area contributed by atoms with Crippen molar-refractivity contribution in [2.45, 2.75) is 6.92 Å². The van der Waals surface area contributed by atoms with Crippen LogP contribution in [0.4, 0.5) is 5.69 Å². The summed E-state index contributed by atoms with van der Waals surface area (Å²) >= 11 is 0. The largest absolute Gasteiger partial charge is 0.378 e. The molecule has 3 aromatic carbocycles. The molecule has 4 rings (SSSR count). The van der Waals surface area contributed by atoms with Gasteiger partial charge in [0, 0.05) is 36.2 Å². The zero-order valence-electron chi connectivity index (χ0n) is 17.8. The number of fused-ring (bicyclic) bond motifs is 1. The van der Waals surface area contributed by atoms with Crippen LogP contribution in [0.15, 0.2) is 83.7 Å². The normalized spacial score (nSPS) is 11.2. The molecule has 4 aromatic rings. The van der Waals surface area contributed by atoms with Crippen molar-refractivity contribution in [1.82, 2.24) is 4.98 Å². The number of nitrogens with zero attached hydrogens (tertiary/aromatic N) is 1. The molecule has 0 saturated carbocycles. The average Bonchev–Trinajstić information content (AvgIpc) is 2.77. The molecule has 0 aliphatic rings. The average molecular weight is 409 g/mol. The molecule has 0 atom stereocenters. The summed E-state index contributed by atoms with van der Waals surface area (Å²) < 4.78 is 0. The van der Waals surface area contributed by atoms with Gasteiger partial charge in [-0.05, 0) is 47.9 Å². The highest BCUT2D eigenvalue weighted by atomic mass is 16.1. The van der Waals surface area contributed by atoms with Gasteiger partial charge in [0.1, 0.15) is 0 Å². The lowest BCUT2D eigenvalue weighted by atomic mass is 9.93. The van der Waals surface area contributed by atoms with E-state index >= 15 is 0 Å². The first kappa shape index (κ1) is 20.4. The summed E-state index contributed by atoms with van der Waals surface area (Å²) in [6, 6.07) is 23.3. The second kappa shape index (κ2) is 8.44. The molecule has 0 aliphatic carbocycles. The summed E-state index contributed by atoms with van der Waals surface area (Å²) in [7, 11) is 3.96. The highest BCUT2D eigenvalue weighted by Gasteiger charge is 2.19. The van der Waals surface area contributed by atoms with Crippen molar-refractivity contribution < 1.29 is 4.79 Å². The molecule has 1 aromatic heterocycles. The molecule has 0 unspecified atom stereocenters. The Labute approximate surface area is 181 Å². The predicted molar refractivity (Wildman–Crippen MR) is 129 cm³/mol. The van der Waals surface area contributed by atoms with Crippen molar-refractivity contribution in [3.63, 3.8) is 0 Å². The Morgan fingerprint density at radius 2 is 1.65 bits per heavy atom. The molecule has 4 heteroatoms. The Morgan fingerprint density at radius 3 is 2.32 bits per heavy atom. The number of rotatable bonds is 5. The first-order valence-corrected chi connectivity index (χ1v) is 10.2. The van der Waals surface area contributed by atoms with Crippen LogP contribution in [-0.2, 0) is 0 Å². The molecule has 0 bridgehead atoms. The van der Waals surface area contributed by atoms with Crippen LogP contribution in [0.2, 0.25) is 0 Å². The van der Waals surface area contributed by atoms with E-state index in [-0.39, 0.29) is 16.9 Å². The maximum atomic E-state index is 13.2. The third-order valence-corrected chi connectivity index (χ3v) is 5.32. The molecule has 154 valence electrons. The fourth-order valence-corrected chi connectivity index (χ4v) is 3.69. The third-order valence-electron chi connectivity index (χ3n) is 5.32. The standard InChI is InChI=1S/C27H24N2O2/c1-18-9-15-22-23(17-18)28-27(31)26(25(22)20-7-5-4-6-8-20)24(30)16-12-19-10-13-21(14-11-19)29(2)3/h4-17H,1-3H3,(H,28,31)/b16-12+. The number of aryl methyl sites for hydroxylation is 1. The quantitative estimate of drug-likeness (QED) is 0.352. The van der Waals surface area contributed by atoms with Gasteiger partial charge in [0.15, 0.2) is 5.78 Å². The lowest BCUT2D eigenvalue weighted by Gasteiger charge is -2.12. The van der Waals surface area contributed by atoms with Crippen molar-refractivity contribution in [3.8, 4) is 11.1 Å². The van der Waals surface area contributed by atoms with Gasteiger partial charge >= 0.3 is 0 Å². The molecule has 1 N–H and O–H groups in total. The second-order valence-electron chi connectivity index (χ2n) is 7.80. The highest BCUT2D eigenvalue weighted by Crippen LogP contribution is 2.30. The number of carbonyl (C=O) groups is 1. The van der Waals surface area contributed by atoms with Crippen LogP contribution in [0.1, 0.15) is 21.5 Å². The number of nitrogens with one attached hydrogen (secondary N) is 1. The van der Waals surface area contributed by atoms with Crippen molar-refractivity contribution in [1.29, 1.82) is 0 Å². The van der Waals surface area contributed by atoms with Gasteiger partial charge in [-0.2, -0.15) is 0 Å². The number of ketones is 1. The summed E-state index contributed by atoms with van der Waals surface area (Å²) in [5.41, 5.74) is 5.03. The minimum absolute atomic E-state index is 0.156. The van der Waals surface area contributed by atoms with Gasteiger partial charge in [-0.1, -0.05) is 60.7 Å². The van der Waals surface area contributed by atoms with Gasteiger partial charge < -0.3 is 9.88 Å². The molecule has 31 heavy (non-hydrogen) atoms. The van der Waals surface area contributed by atoms with Crippen molar-refractivity contribution in [2.75, 3.05) is 19.0 Å². The summed E-state index contributed by atoms with van der Waals surface area (Å²) in [4.78, 5) is 31.1.